The lowest BCUT2D eigenvalue weighted by Crippen LogP contribution is -2.51. The molecule has 1 aliphatic rings. The maximum absolute atomic E-state index is 12.0. The summed E-state index contributed by atoms with van der Waals surface area (Å²) in [4.78, 5) is 28.3. The molecule has 0 spiro atoms. The Bertz CT molecular complexity index is 342. The van der Waals surface area contributed by atoms with Crippen LogP contribution in [0, 0.1) is 0 Å². The molecule has 0 aliphatic carbocycles. The van der Waals surface area contributed by atoms with Crippen molar-refractivity contribution in [1.29, 1.82) is 0 Å². The van der Waals surface area contributed by atoms with Gasteiger partial charge >= 0.3 is 12.2 Å². The third kappa shape index (κ3) is 4.56. The second-order valence-electron chi connectivity index (χ2n) is 5.12. The van der Waals surface area contributed by atoms with Crippen LogP contribution in [0.15, 0.2) is 0 Å². The monoisotopic (exact) mass is 275 g/mol. The highest BCUT2D eigenvalue weighted by molar-refractivity contribution is 5.73. The molecule has 0 bridgehead atoms. The number of carboxylic acid groups (broad SMARTS) is 1. The van der Waals surface area contributed by atoms with Gasteiger partial charge in [-0.2, -0.15) is 5.06 Å². The molecule has 1 aliphatic heterocycles. The van der Waals surface area contributed by atoms with Crippen molar-refractivity contribution in [1.82, 2.24) is 15.1 Å². The van der Waals surface area contributed by atoms with Crippen LogP contribution in [0.25, 0.3) is 0 Å². The minimum absolute atomic E-state index is 0.141. The normalized spacial score (nSPS) is 18.1. The van der Waals surface area contributed by atoms with E-state index in [2.05, 4.69) is 0 Å². The van der Waals surface area contributed by atoms with E-state index in [1.54, 1.807) is 25.8 Å². The lowest BCUT2D eigenvalue weighted by molar-refractivity contribution is -0.125. The summed E-state index contributed by atoms with van der Waals surface area (Å²) in [6.07, 6.45) is -1.86. The van der Waals surface area contributed by atoms with Crippen LogP contribution in [-0.4, -0.2) is 71.3 Å². The van der Waals surface area contributed by atoms with Gasteiger partial charge in [-0.3, -0.25) is 0 Å². The van der Waals surface area contributed by atoms with Crippen LogP contribution in [0.4, 0.5) is 9.59 Å². The fourth-order valence-corrected chi connectivity index (χ4v) is 1.65. The quantitative estimate of drug-likeness (QED) is 0.768. The van der Waals surface area contributed by atoms with Gasteiger partial charge < -0.3 is 14.7 Å². The highest BCUT2D eigenvalue weighted by atomic mass is 16.7. The Kier molecular flexibility index (Phi) is 4.96. The maximum atomic E-state index is 12.0. The number of hydrogen-bond acceptors (Lipinski definition) is 5. The molecule has 1 N–H and O–H groups in total. The van der Waals surface area contributed by atoms with E-state index < -0.39 is 17.8 Å². The molecule has 1 rings (SSSR count). The number of hydrazine groups is 1. The van der Waals surface area contributed by atoms with Crippen LogP contribution >= 0.6 is 0 Å². The molecule has 1 fully saturated rings. The highest BCUT2D eigenvalue weighted by Gasteiger charge is 2.32. The molecule has 1 saturated heterocycles. The molecule has 8 nitrogen and oxygen atoms in total. The fraction of sp³-hybridized carbons (Fsp3) is 0.818. The first-order valence-electron chi connectivity index (χ1n) is 6.04. The zero-order valence-corrected chi connectivity index (χ0v) is 11.8. The number of amides is 2. The SMILES string of the molecule is CON1CCN(C(=O)O)N(C(=O)OC(C)(C)C)CC1. The van der Waals surface area contributed by atoms with Crippen molar-refractivity contribution in [2.24, 2.45) is 0 Å². The molecule has 0 aromatic carbocycles. The Morgan fingerprint density at radius 3 is 2.00 bits per heavy atom. The van der Waals surface area contributed by atoms with E-state index in [0.29, 0.717) is 13.1 Å². The van der Waals surface area contributed by atoms with Crippen molar-refractivity contribution in [3.8, 4) is 0 Å². The number of carbonyl (C=O) groups is 2. The number of hydrogen-bond donors (Lipinski definition) is 1. The summed E-state index contributed by atoms with van der Waals surface area (Å²) in [7, 11) is 1.51. The van der Waals surface area contributed by atoms with E-state index in [9.17, 15) is 9.59 Å². The van der Waals surface area contributed by atoms with Crippen LogP contribution in [0.5, 0.6) is 0 Å². The topological polar surface area (TPSA) is 82.6 Å². The lowest BCUT2D eigenvalue weighted by atomic mass is 10.2. The lowest BCUT2D eigenvalue weighted by Gasteiger charge is -2.32. The summed E-state index contributed by atoms with van der Waals surface area (Å²) in [5.74, 6) is 0. The second-order valence-corrected chi connectivity index (χ2v) is 5.12. The minimum atomic E-state index is -1.19. The van der Waals surface area contributed by atoms with Crippen LogP contribution < -0.4 is 0 Å². The Labute approximate surface area is 112 Å². The van der Waals surface area contributed by atoms with Crippen molar-refractivity contribution < 1.29 is 24.3 Å². The molecule has 8 heteroatoms. The summed E-state index contributed by atoms with van der Waals surface area (Å²) in [6, 6.07) is 0. The average Bonchev–Trinajstić information content (AvgIpc) is 2.48. The largest absolute Gasteiger partial charge is 0.464 e. The van der Waals surface area contributed by atoms with Crippen molar-refractivity contribution in [3.63, 3.8) is 0 Å². The molecular formula is C11H21N3O5. The molecule has 0 aromatic rings. The second kappa shape index (κ2) is 6.07. The van der Waals surface area contributed by atoms with E-state index in [0.717, 1.165) is 10.0 Å². The first-order chi connectivity index (χ1) is 8.74. The Hall–Kier alpha value is -1.54. The molecule has 110 valence electrons. The summed E-state index contributed by atoms with van der Waals surface area (Å²) >= 11 is 0. The van der Waals surface area contributed by atoms with E-state index in [1.807, 2.05) is 0 Å². The third-order valence-electron chi connectivity index (χ3n) is 2.50. The zero-order chi connectivity index (χ0) is 14.6. The molecule has 0 unspecified atom stereocenters. The first-order valence-corrected chi connectivity index (χ1v) is 6.04. The molecule has 0 atom stereocenters. The standard InChI is InChI=1S/C11H21N3O5/c1-11(2,3)19-10(17)14-8-6-12(18-4)5-7-13(14)9(15)16/h5-8H2,1-4H3,(H,15,16). The van der Waals surface area contributed by atoms with Crippen LogP contribution in [0.2, 0.25) is 0 Å². The minimum Gasteiger partial charge on any atom is -0.464 e. The van der Waals surface area contributed by atoms with Gasteiger partial charge in [0.2, 0.25) is 0 Å². The predicted molar refractivity (Wildman–Crippen MR) is 66.3 cm³/mol. The summed E-state index contributed by atoms with van der Waals surface area (Å²) in [5, 5.41) is 12.8. The van der Waals surface area contributed by atoms with E-state index in [-0.39, 0.29) is 13.1 Å². The average molecular weight is 275 g/mol. The van der Waals surface area contributed by atoms with Crippen LogP contribution in [0.1, 0.15) is 20.8 Å². The van der Waals surface area contributed by atoms with Crippen LogP contribution in [-0.2, 0) is 9.57 Å². The van der Waals surface area contributed by atoms with E-state index in [1.165, 1.54) is 7.11 Å². The van der Waals surface area contributed by atoms with Gasteiger partial charge in [0, 0.05) is 13.1 Å². The molecule has 0 aromatic heterocycles. The maximum Gasteiger partial charge on any atom is 0.429 e. The third-order valence-corrected chi connectivity index (χ3v) is 2.50. The predicted octanol–water partition coefficient (Wildman–Crippen LogP) is 0.995. The van der Waals surface area contributed by atoms with Gasteiger partial charge in [-0.25, -0.2) is 19.6 Å². The number of nitrogens with zero attached hydrogens (tertiary/aromatic N) is 3. The van der Waals surface area contributed by atoms with Gasteiger partial charge in [0.1, 0.15) is 5.60 Å². The molecular weight excluding hydrogens is 254 g/mol. The summed E-state index contributed by atoms with van der Waals surface area (Å²) < 4.78 is 5.20. The smallest absolute Gasteiger partial charge is 0.429 e. The van der Waals surface area contributed by atoms with Crippen molar-refractivity contribution in [2.75, 3.05) is 33.3 Å². The summed E-state index contributed by atoms with van der Waals surface area (Å²) in [5.41, 5.74) is -0.672. The molecule has 1 heterocycles. The van der Waals surface area contributed by atoms with Gasteiger partial charge in [-0.05, 0) is 20.8 Å². The van der Waals surface area contributed by atoms with E-state index >= 15 is 0 Å². The number of carbonyl (C=O) groups excluding carboxylic acids is 1. The molecule has 0 radical (unpaired) electrons. The van der Waals surface area contributed by atoms with Gasteiger partial charge in [-0.1, -0.05) is 0 Å². The van der Waals surface area contributed by atoms with Crippen molar-refractivity contribution in [2.45, 2.75) is 26.4 Å². The van der Waals surface area contributed by atoms with Gasteiger partial charge in [0.05, 0.1) is 20.2 Å². The Morgan fingerprint density at radius 2 is 1.58 bits per heavy atom. The van der Waals surface area contributed by atoms with E-state index in [4.69, 9.17) is 14.7 Å². The van der Waals surface area contributed by atoms with Crippen molar-refractivity contribution in [3.05, 3.63) is 0 Å². The molecule has 2 amide bonds. The molecule has 19 heavy (non-hydrogen) atoms. The van der Waals surface area contributed by atoms with Gasteiger partial charge in [0.15, 0.2) is 0 Å². The first kappa shape index (κ1) is 15.5. The zero-order valence-electron chi connectivity index (χ0n) is 11.8. The summed E-state index contributed by atoms with van der Waals surface area (Å²) in [6.45, 7) is 6.33. The number of rotatable bonds is 1. The number of ether oxygens (including phenoxy) is 1. The Balaban J connectivity index is 2.80. The van der Waals surface area contributed by atoms with Crippen molar-refractivity contribution >= 4 is 12.2 Å². The molecule has 0 saturated carbocycles. The van der Waals surface area contributed by atoms with Crippen LogP contribution in [0.3, 0.4) is 0 Å². The number of hydroxylamine groups is 2. The van der Waals surface area contributed by atoms with Gasteiger partial charge in [-0.15, -0.1) is 0 Å². The Morgan fingerprint density at radius 1 is 1.05 bits per heavy atom. The van der Waals surface area contributed by atoms with Gasteiger partial charge in [0.25, 0.3) is 0 Å². The fourth-order valence-electron chi connectivity index (χ4n) is 1.65. The highest BCUT2D eigenvalue weighted by Crippen LogP contribution is 2.13.